The maximum atomic E-state index is 12.9. The average Bonchev–Trinajstić information content (AvgIpc) is 3.19. The average molecular weight is 386 g/mol. The van der Waals surface area contributed by atoms with Crippen LogP contribution in [0.1, 0.15) is 18.6 Å². The Labute approximate surface area is 156 Å². The minimum absolute atomic E-state index is 0.122. The first-order chi connectivity index (χ1) is 12.9. The molecule has 0 aliphatic carbocycles. The molecular formula is C18H18N4O4S. The normalized spacial score (nSPS) is 14.7. The minimum Gasteiger partial charge on any atom is -0.337 e. The maximum absolute atomic E-state index is 12.9. The van der Waals surface area contributed by atoms with E-state index in [0.717, 1.165) is 9.69 Å². The van der Waals surface area contributed by atoms with Gasteiger partial charge in [0.1, 0.15) is 6.54 Å². The van der Waals surface area contributed by atoms with Crippen molar-refractivity contribution in [2.45, 2.75) is 24.8 Å². The third-order valence-electron chi connectivity index (χ3n) is 4.58. The number of carbonyl (C=O) groups is 1. The molecule has 27 heavy (non-hydrogen) atoms. The molecule has 140 valence electrons. The van der Waals surface area contributed by atoms with Crippen LogP contribution < -0.4 is 4.31 Å². The van der Waals surface area contributed by atoms with E-state index in [9.17, 15) is 13.2 Å². The fraction of sp³-hybridized carbons (Fsp3) is 0.278. The summed E-state index contributed by atoms with van der Waals surface area (Å²) in [7, 11) is -2.19. The molecule has 0 N–H and O–H groups in total. The Kier molecular flexibility index (Phi) is 4.11. The number of sulfonamides is 1. The minimum atomic E-state index is -3.77. The summed E-state index contributed by atoms with van der Waals surface area (Å²) in [5, 5.41) is 5.28. The summed E-state index contributed by atoms with van der Waals surface area (Å²) in [6.07, 6.45) is 0.634. The van der Waals surface area contributed by atoms with Gasteiger partial charge in [-0.3, -0.25) is 9.10 Å². The van der Waals surface area contributed by atoms with Crippen LogP contribution in [0.2, 0.25) is 0 Å². The van der Waals surface area contributed by atoms with E-state index in [0.29, 0.717) is 29.2 Å². The van der Waals surface area contributed by atoms with Crippen molar-refractivity contribution in [3.63, 3.8) is 0 Å². The number of hydrogen-bond acceptors (Lipinski definition) is 6. The molecule has 1 aromatic heterocycles. The van der Waals surface area contributed by atoms with Crippen LogP contribution in [0.3, 0.4) is 0 Å². The summed E-state index contributed by atoms with van der Waals surface area (Å²) < 4.78 is 32.1. The van der Waals surface area contributed by atoms with Gasteiger partial charge in [0.25, 0.3) is 10.0 Å². The molecule has 0 saturated carbocycles. The van der Waals surface area contributed by atoms with Crippen molar-refractivity contribution in [2.24, 2.45) is 0 Å². The third kappa shape index (κ3) is 2.84. The molecule has 0 radical (unpaired) electrons. The molecule has 3 aromatic rings. The van der Waals surface area contributed by atoms with Crippen molar-refractivity contribution in [3.05, 3.63) is 48.1 Å². The highest BCUT2D eigenvalue weighted by atomic mass is 32.2. The van der Waals surface area contributed by atoms with Gasteiger partial charge in [-0.1, -0.05) is 36.3 Å². The lowest BCUT2D eigenvalue weighted by Gasteiger charge is -2.22. The van der Waals surface area contributed by atoms with Gasteiger partial charge < -0.3 is 9.42 Å². The van der Waals surface area contributed by atoms with Gasteiger partial charge in [0, 0.05) is 18.9 Å². The van der Waals surface area contributed by atoms with Gasteiger partial charge in [-0.05, 0) is 17.5 Å². The molecular weight excluding hydrogens is 368 g/mol. The monoisotopic (exact) mass is 386 g/mol. The standard InChI is InChI=1S/C18H18N4O4S/c1-3-15-19-16(26-20-15)10-21(2)17(23)11-22-13-8-4-6-12-7-5-9-14(18(12)13)27(22,24)25/h4-9H,3,10-11H2,1-2H3. The molecule has 1 aliphatic heterocycles. The van der Waals surface area contributed by atoms with Crippen LogP contribution in [0.4, 0.5) is 5.69 Å². The highest BCUT2D eigenvalue weighted by Gasteiger charge is 2.37. The topological polar surface area (TPSA) is 96.6 Å². The molecule has 0 bridgehead atoms. The Morgan fingerprint density at radius 2 is 1.96 bits per heavy atom. The van der Waals surface area contributed by atoms with Gasteiger partial charge in [-0.2, -0.15) is 4.98 Å². The largest absolute Gasteiger partial charge is 0.337 e. The van der Waals surface area contributed by atoms with Crippen LogP contribution in [0, 0.1) is 0 Å². The van der Waals surface area contributed by atoms with Crippen molar-refractivity contribution < 1.29 is 17.7 Å². The van der Waals surface area contributed by atoms with Crippen molar-refractivity contribution in [1.82, 2.24) is 15.0 Å². The maximum Gasteiger partial charge on any atom is 0.265 e. The van der Waals surface area contributed by atoms with Gasteiger partial charge in [-0.25, -0.2) is 8.42 Å². The van der Waals surface area contributed by atoms with E-state index < -0.39 is 10.0 Å². The first-order valence-corrected chi connectivity index (χ1v) is 9.95. The van der Waals surface area contributed by atoms with Crippen LogP contribution in [-0.4, -0.2) is 43.0 Å². The molecule has 2 heterocycles. The van der Waals surface area contributed by atoms with Crippen LogP contribution in [0.5, 0.6) is 0 Å². The molecule has 0 fully saturated rings. The van der Waals surface area contributed by atoms with E-state index in [1.165, 1.54) is 4.90 Å². The number of likely N-dealkylation sites (N-methyl/N-ethyl adjacent to an activating group) is 1. The van der Waals surface area contributed by atoms with Crippen molar-refractivity contribution in [3.8, 4) is 0 Å². The number of anilines is 1. The summed E-state index contributed by atoms with van der Waals surface area (Å²) in [6.45, 7) is 1.73. The Morgan fingerprint density at radius 3 is 2.67 bits per heavy atom. The second kappa shape index (κ2) is 6.34. The number of amides is 1. The van der Waals surface area contributed by atoms with E-state index >= 15 is 0 Å². The summed E-state index contributed by atoms with van der Waals surface area (Å²) >= 11 is 0. The number of hydrogen-bond donors (Lipinski definition) is 0. The Hall–Kier alpha value is -2.94. The summed E-state index contributed by atoms with van der Waals surface area (Å²) in [5.41, 5.74) is 0.524. The molecule has 4 rings (SSSR count). The van der Waals surface area contributed by atoms with Gasteiger partial charge >= 0.3 is 0 Å². The molecule has 0 saturated heterocycles. The molecule has 0 spiro atoms. The molecule has 2 aromatic carbocycles. The van der Waals surface area contributed by atoms with E-state index in [-0.39, 0.29) is 23.9 Å². The second-order valence-corrected chi connectivity index (χ2v) is 8.18. The SMILES string of the molecule is CCc1noc(CN(C)C(=O)CN2c3cccc4cccc(c34)S2(=O)=O)n1. The molecule has 9 heteroatoms. The Bertz CT molecular complexity index is 1130. The van der Waals surface area contributed by atoms with E-state index in [2.05, 4.69) is 10.1 Å². The van der Waals surface area contributed by atoms with Crippen molar-refractivity contribution >= 4 is 32.4 Å². The zero-order valence-corrected chi connectivity index (χ0v) is 15.7. The smallest absolute Gasteiger partial charge is 0.265 e. The third-order valence-corrected chi connectivity index (χ3v) is 6.39. The summed E-state index contributed by atoms with van der Waals surface area (Å²) in [4.78, 5) is 18.5. The summed E-state index contributed by atoms with van der Waals surface area (Å²) in [6, 6.07) is 10.5. The van der Waals surface area contributed by atoms with Gasteiger partial charge in [0.2, 0.25) is 11.8 Å². The number of nitrogens with zero attached hydrogens (tertiary/aromatic N) is 4. The predicted molar refractivity (Wildman–Crippen MR) is 98.6 cm³/mol. The number of rotatable bonds is 5. The van der Waals surface area contributed by atoms with Crippen LogP contribution >= 0.6 is 0 Å². The van der Waals surface area contributed by atoms with E-state index in [1.807, 2.05) is 19.1 Å². The lowest BCUT2D eigenvalue weighted by Crippen LogP contribution is -2.39. The van der Waals surface area contributed by atoms with E-state index in [4.69, 9.17) is 4.52 Å². The first-order valence-electron chi connectivity index (χ1n) is 8.51. The lowest BCUT2D eigenvalue weighted by molar-refractivity contribution is -0.129. The van der Waals surface area contributed by atoms with Gasteiger partial charge in [0.05, 0.1) is 17.1 Å². The summed E-state index contributed by atoms with van der Waals surface area (Å²) in [5.74, 6) is 0.520. The highest BCUT2D eigenvalue weighted by Crippen LogP contribution is 2.41. The van der Waals surface area contributed by atoms with Crippen LogP contribution in [0.25, 0.3) is 10.8 Å². The molecule has 1 aliphatic rings. The molecule has 0 atom stereocenters. The highest BCUT2D eigenvalue weighted by molar-refractivity contribution is 7.93. The molecule has 8 nitrogen and oxygen atoms in total. The Balaban J connectivity index is 1.59. The fourth-order valence-electron chi connectivity index (χ4n) is 3.16. The quantitative estimate of drug-likeness (QED) is 0.665. The van der Waals surface area contributed by atoms with Gasteiger partial charge in [0.15, 0.2) is 5.82 Å². The zero-order chi connectivity index (χ0) is 19.2. The lowest BCUT2D eigenvalue weighted by atomic mass is 10.1. The Morgan fingerprint density at radius 1 is 1.22 bits per heavy atom. The number of carbonyl (C=O) groups excluding carboxylic acids is 1. The van der Waals surface area contributed by atoms with Crippen molar-refractivity contribution in [1.29, 1.82) is 0 Å². The fourth-order valence-corrected chi connectivity index (χ4v) is 4.82. The zero-order valence-electron chi connectivity index (χ0n) is 14.9. The number of aryl methyl sites for hydroxylation is 1. The van der Waals surface area contributed by atoms with Crippen molar-refractivity contribution in [2.75, 3.05) is 17.9 Å². The van der Waals surface area contributed by atoms with Gasteiger partial charge in [-0.15, -0.1) is 0 Å². The van der Waals surface area contributed by atoms with E-state index in [1.54, 1.807) is 31.3 Å². The second-order valence-electron chi connectivity index (χ2n) is 6.35. The number of benzene rings is 2. The van der Waals surface area contributed by atoms with Crippen LogP contribution in [-0.2, 0) is 27.8 Å². The van der Waals surface area contributed by atoms with Crippen LogP contribution in [0.15, 0.2) is 45.8 Å². The number of aromatic nitrogens is 2. The first kappa shape index (κ1) is 17.5. The predicted octanol–water partition coefficient (Wildman–Crippen LogP) is 1.95. The molecule has 0 unspecified atom stereocenters. The molecule has 1 amide bonds.